The highest BCUT2D eigenvalue weighted by molar-refractivity contribution is 7.90. The Hall–Kier alpha value is -2.01. The quantitative estimate of drug-likeness (QED) is 0.830. The Morgan fingerprint density at radius 1 is 0.957 bits per heavy atom. The Morgan fingerprint density at radius 3 is 2.39 bits per heavy atom. The molecule has 0 spiro atoms. The van der Waals surface area contributed by atoms with Crippen LogP contribution in [0, 0.1) is 11.6 Å². The Morgan fingerprint density at radius 2 is 1.65 bits per heavy atom. The number of rotatable bonds is 3. The number of halogens is 2. The van der Waals surface area contributed by atoms with E-state index in [9.17, 15) is 17.2 Å². The SMILES string of the molecule is CS(=O)(=O)c1cccc(C2=C(c3cccc(F)c3F)CCC2)c1. The lowest BCUT2D eigenvalue weighted by Crippen LogP contribution is -1.98. The third-order valence-electron chi connectivity index (χ3n) is 4.11. The van der Waals surface area contributed by atoms with Crippen molar-refractivity contribution in [2.24, 2.45) is 0 Å². The Kier molecular flexibility index (Phi) is 4.06. The summed E-state index contributed by atoms with van der Waals surface area (Å²) < 4.78 is 51.1. The van der Waals surface area contributed by atoms with Gasteiger partial charge in [-0.2, -0.15) is 0 Å². The van der Waals surface area contributed by atoms with Crippen LogP contribution >= 0.6 is 0 Å². The third-order valence-corrected chi connectivity index (χ3v) is 5.22. The molecule has 0 saturated heterocycles. The van der Waals surface area contributed by atoms with Crippen LogP contribution in [-0.4, -0.2) is 14.7 Å². The van der Waals surface area contributed by atoms with Gasteiger partial charge in [0.05, 0.1) is 4.90 Å². The molecule has 3 rings (SSSR count). The van der Waals surface area contributed by atoms with Gasteiger partial charge >= 0.3 is 0 Å². The van der Waals surface area contributed by atoms with Gasteiger partial charge in [0.25, 0.3) is 0 Å². The first-order valence-corrected chi connectivity index (χ1v) is 9.24. The van der Waals surface area contributed by atoms with E-state index in [1.54, 1.807) is 18.2 Å². The molecule has 0 radical (unpaired) electrons. The number of benzene rings is 2. The topological polar surface area (TPSA) is 34.1 Å². The highest BCUT2D eigenvalue weighted by Gasteiger charge is 2.22. The lowest BCUT2D eigenvalue weighted by Gasteiger charge is -2.11. The molecule has 2 aromatic rings. The summed E-state index contributed by atoms with van der Waals surface area (Å²) in [5.41, 5.74) is 2.67. The van der Waals surface area contributed by atoms with Crippen molar-refractivity contribution >= 4 is 21.0 Å². The predicted octanol–water partition coefficient (Wildman–Crippen LogP) is 4.46. The van der Waals surface area contributed by atoms with Crippen LogP contribution in [0.4, 0.5) is 8.78 Å². The molecule has 2 aromatic carbocycles. The largest absolute Gasteiger partial charge is 0.224 e. The van der Waals surface area contributed by atoms with Gasteiger partial charge in [0, 0.05) is 11.8 Å². The number of hydrogen-bond donors (Lipinski definition) is 0. The lowest BCUT2D eigenvalue weighted by atomic mass is 9.96. The van der Waals surface area contributed by atoms with E-state index in [4.69, 9.17) is 0 Å². The third kappa shape index (κ3) is 3.06. The molecule has 0 bridgehead atoms. The van der Waals surface area contributed by atoms with E-state index in [0.717, 1.165) is 41.9 Å². The smallest absolute Gasteiger partial charge is 0.175 e. The number of sulfone groups is 1. The van der Waals surface area contributed by atoms with Gasteiger partial charge in [-0.15, -0.1) is 0 Å². The normalized spacial score (nSPS) is 15.3. The summed E-state index contributed by atoms with van der Waals surface area (Å²) in [5, 5.41) is 0. The van der Waals surface area contributed by atoms with E-state index in [1.807, 2.05) is 6.07 Å². The molecule has 0 amide bonds. The first-order chi connectivity index (χ1) is 10.9. The first kappa shape index (κ1) is 15.9. The maximum absolute atomic E-state index is 14.1. The second-order valence-electron chi connectivity index (χ2n) is 5.71. The summed E-state index contributed by atoms with van der Waals surface area (Å²) in [6.07, 6.45) is 3.36. The summed E-state index contributed by atoms with van der Waals surface area (Å²) in [4.78, 5) is 0.230. The van der Waals surface area contributed by atoms with Gasteiger partial charge in [-0.3, -0.25) is 0 Å². The zero-order valence-corrected chi connectivity index (χ0v) is 13.5. The van der Waals surface area contributed by atoms with E-state index in [0.29, 0.717) is 6.42 Å². The van der Waals surface area contributed by atoms with Crippen molar-refractivity contribution in [1.82, 2.24) is 0 Å². The second-order valence-corrected chi connectivity index (χ2v) is 7.73. The molecule has 0 N–H and O–H groups in total. The Bertz CT molecular complexity index is 899. The summed E-state index contributed by atoms with van der Waals surface area (Å²) >= 11 is 0. The molecule has 0 saturated carbocycles. The van der Waals surface area contributed by atoms with Crippen molar-refractivity contribution in [3.05, 3.63) is 65.2 Å². The lowest BCUT2D eigenvalue weighted by molar-refractivity contribution is 0.506. The molecule has 23 heavy (non-hydrogen) atoms. The molecule has 0 aromatic heterocycles. The van der Waals surface area contributed by atoms with Crippen LogP contribution in [0.15, 0.2) is 47.4 Å². The van der Waals surface area contributed by atoms with E-state index < -0.39 is 21.5 Å². The molecular weight excluding hydrogens is 318 g/mol. The molecule has 1 aliphatic carbocycles. The van der Waals surface area contributed by atoms with E-state index in [1.165, 1.54) is 12.1 Å². The van der Waals surface area contributed by atoms with Gasteiger partial charge in [0.15, 0.2) is 21.5 Å². The summed E-state index contributed by atoms with van der Waals surface area (Å²) in [5.74, 6) is -1.72. The van der Waals surface area contributed by atoms with Crippen LogP contribution in [0.3, 0.4) is 0 Å². The van der Waals surface area contributed by atoms with Gasteiger partial charge in [-0.1, -0.05) is 24.3 Å². The minimum atomic E-state index is -3.31. The van der Waals surface area contributed by atoms with Crippen LogP contribution in [0.25, 0.3) is 11.1 Å². The zero-order valence-electron chi connectivity index (χ0n) is 12.6. The van der Waals surface area contributed by atoms with Crippen molar-refractivity contribution in [3.8, 4) is 0 Å². The molecular formula is C18H16F2O2S. The van der Waals surface area contributed by atoms with E-state index in [-0.39, 0.29) is 10.5 Å². The van der Waals surface area contributed by atoms with Crippen LogP contribution in [0.2, 0.25) is 0 Å². The van der Waals surface area contributed by atoms with Gasteiger partial charge < -0.3 is 0 Å². The Labute approximate surface area is 134 Å². The van der Waals surface area contributed by atoms with Crippen molar-refractivity contribution in [2.75, 3.05) is 6.26 Å². The van der Waals surface area contributed by atoms with Crippen LogP contribution in [0.5, 0.6) is 0 Å². The van der Waals surface area contributed by atoms with Crippen LogP contribution < -0.4 is 0 Å². The molecule has 0 heterocycles. The predicted molar refractivity (Wildman–Crippen MR) is 86.6 cm³/mol. The molecule has 120 valence electrons. The minimum absolute atomic E-state index is 0.230. The standard InChI is InChI=1S/C18H16F2O2S/c1-23(21,22)13-6-2-5-12(11-13)14-7-3-8-15(14)16-9-4-10-17(19)18(16)20/h2,4-6,9-11H,3,7-8H2,1H3. The molecule has 2 nitrogen and oxygen atoms in total. The van der Waals surface area contributed by atoms with Crippen LogP contribution in [-0.2, 0) is 9.84 Å². The molecule has 5 heteroatoms. The molecule has 0 aliphatic heterocycles. The van der Waals surface area contributed by atoms with E-state index >= 15 is 0 Å². The fourth-order valence-corrected chi connectivity index (χ4v) is 3.68. The van der Waals surface area contributed by atoms with Crippen molar-refractivity contribution < 1.29 is 17.2 Å². The average Bonchev–Trinajstić information content (AvgIpc) is 2.98. The van der Waals surface area contributed by atoms with Crippen molar-refractivity contribution in [2.45, 2.75) is 24.2 Å². The van der Waals surface area contributed by atoms with Gasteiger partial charge in [-0.05, 0) is 54.2 Å². The fourth-order valence-electron chi connectivity index (χ4n) is 3.01. The summed E-state index contributed by atoms with van der Waals surface area (Å²) in [7, 11) is -3.31. The first-order valence-electron chi connectivity index (χ1n) is 7.35. The van der Waals surface area contributed by atoms with E-state index in [2.05, 4.69) is 0 Å². The minimum Gasteiger partial charge on any atom is -0.224 e. The fraction of sp³-hybridized carbons (Fsp3) is 0.222. The highest BCUT2D eigenvalue weighted by Crippen LogP contribution is 2.41. The second kappa shape index (κ2) is 5.89. The number of hydrogen-bond acceptors (Lipinski definition) is 2. The maximum Gasteiger partial charge on any atom is 0.175 e. The molecule has 0 atom stereocenters. The van der Waals surface area contributed by atoms with Gasteiger partial charge in [0.2, 0.25) is 0 Å². The Balaban J connectivity index is 2.16. The zero-order chi connectivity index (χ0) is 16.6. The van der Waals surface area contributed by atoms with Crippen molar-refractivity contribution in [3.63, 3.8) is 0 Å². The average molecular weight is 334 g/mol. The van der Waals surface area contributed by atoms with Crippen LogP contribution in [0.1, 0.15) is 30.4 Å². The highest BCUT2D eigenvalue weighted by atomic mass is 32.2. The monoisotopic (exact) mass is 334 g/mol. The van der Waals surface area contributed by atoms with Gasteiger partial charge in [0.1, 0.15) is 0 Å². The molecule has 0 fully saturated rings. The molecule has 0 unspecified atom stereocenters. The maximum atomic E-state index is 14.1. The number of allylic oxidation sites excluding steroid dienone is 2. The van der Waals surface area contributed by atoms with Gasteiger partial charge in [-0.25, -0.2) is 17.2 Å². The van der Waals surface area contributed by atoms with Crippen molar-refractivity contribution in [1.29, 1.82) is 0 Å². The summed E-state index contributed by atoms with van der Waals surface area (Å²) in [6.45, 7) is 0. The summed E-state index contributed by atoms with van der Waals surface area (Å²) in [6, 6.07) is 10.8. The molecule has 1 aliphatic rings.